The molecule has 0 aromatic rings. The van der Waals surface area contributed by atoms with E-state index in [-0.39, 0.29) is 0 Å². The average Bonchev–Trinajstić information content (AvgIpc) is 2.93. The molecule has 0 aromatic carbocycles. The molecule has 3 saturated heterocycles. The lowest BCUT2D eigenvalue weighted by molar-refractivity contribution is 0.0528. The third-order valence-corrected chi connectivity index (χ3v) is 4.78. The van der Waals surface area contributed by atoms with Crippen LogP contribution in [-0.2, 0) is 4.74 Å². The highest BCUT2D eigenvalue weighted by atomic mass is 16.5. The van der Waals surface area contributed by atoms with Crippen molar-refractivity contribution in [1.82, 2.24) is 10.2 Å². The highest BCUT2D eigenvalue weighted by Gasteiger charge is 2.35. The fraction of sp³-hybridized carbons (Fsp3) is 1.00. The van der Waals surface area contributed by atoms with Gasteiger partial charge in [-0.25, -0.2) is 0 Å². The third-order valence-electron chi connectivity index (χ3n) is 4.78. The second-order valence-electron chi connectivity index (χ2n) is 6.05. The summed E-state index contributed by atoms with van der Waals surface area (Å²) in [4.78, 5) is 2.69. The van der Waals surface area contributed by atoms with Gasteiger partial charge >= 0.3 is 0 Å². The van der Waals surface area contributed by atoms with E-state index in [9.17, 15) is 0 Å². The van der Waals surface area contributed by atoms with Crippen LogP contribution >= 0.6 is 0 Å². The minimum atomic E-state index is 0.475. The molecule has 3 aliphatic heterocycles. The van der Waals surface area contributed by atoms with Crippen molar-refractivity contribution in [3.8, 4) is 0 Å². The predicted molar refractivity (Wildman–Crippen MR) is 69.2 cm³/mol. The van der Waals surface area contributed by atoms with Gasteiger partial charge in [0, 0.05) is 25.2 Å². The number of piperidine rings is 1. The Morgan fingerprint density at radius 3 is 2.88 bits per heavy atom. The first-order valence-corrected chi connectivity index (χ1v) is 7.46. The summed E-state index contributed by atoms with van der Waals surface area (Å²) in [5.41, 5.74) is 0. The third kappa shape index (κ3) is 2.67. The Kier molecular flexibility index (Phi) is 3.69. The normalized spacial score (nSPS) is 42.9. The molecular weight excluding hydrogens is 212 g/mol. The van der Waals surface area contributed by atoms with E-state index in [4.69, 9.17) is 4.74 Å². The molecule has 3 fully saturated rings. The standard InChI is InChI=1S/C14H26N2O/c1-11-5-6-12(17-11)10-15-13-7-9-16-8-3-2-4-14(13)16/h11-15H,2-10H2,1H3. The van der Waals surface area contributed by atoms with Crippen molar-refractivity contribution in [2.45, 2.75) is 69.7 Å². The van der Waals surface area contributed by atoms with Gasteiger partial charge < -0.3 is 10.1 Å². The number of hydrogen-bond acceptors (Lipinski definition) is 3. The summed E-state index contributed by atoms with van der Waals surface area (Å²) in [6.45, 7) is 5.90. The van der Waals surface area contributed by atoms with Crippen LogP contribution in [0.4, 0.5) is 0 Å². The maximum atomic E-state index is 5.88. The smallest absolute Gasteiger partial charge is 0.0704 e. The summed E-state index contributed by atoms with van der Waals surface area (Å²) in [6, 6.07) is 1.55. The summed E-state index contributed by atoms with van der Waals surface area (Å²) in [7, 11) is 0. The molecule has 17 heavy (non-hydrogen) atoms. The topological polar surface area (TPSA) is 24.5 Å². The molecule has 4 atom stereocenters. The highest BCUT2D eigenvalue weighted by molar-refractivity contribution is 4.94. The van der Waals surface area contributed by atoms with Gasteiger partial charge in [-0.05, 0) is 45.6 Å². The minimum absolute atomic E-state index is 0.475. The van der Waals surface area contributed by atoms with E-state index in [1.165, 1.54) is 51.6 Å². The highest BCUT2D eigenvalue weighted by Crippen LogP contribution is 2.27. The SMILES string of the molecule is CC1CCC(CNC2CCN3CCCCC23)O1. The summed E-state index contributed by atoms with van der Waals surface area (Å²) >= 11 is 0. The largest absolute Gasteiger partial charge is 0.374 e. The monoisotopic (exact) mass is 238 g/mol. The van der Waals surface area contributed by atoms with Crippen molar-refractivity contribution in [2.75, 3.05) is 19.6 Å². The van der Waals surface area contributed by atoms with E-state index in [1.807, 2.05) is 0 Å². The van der Waals surface area contributed by atoms with Crippen molar-refractivity contribution in [3.05, 3.63) is 0 Å². The second-order valence-corrected chi connectivity index (χ2v) is 6.05. The van der Waals surface area contributed by atoms with Gasteiger partial charge in [0.25, 0.3) is 0 Å². The van der Waals surface area contributed by atoms with Gasteiger partial charge in [0.15, 0.2) is 0 Å². The van der Waals surface area contributed by atoms with Crippen molar-refractivity contribution < 1.29 is 4.74 Å². The molecule has 3 rings (SSSR count). The molecular formula is C14H26N2O. The quantitative estimate of drug-likeness (QED) is 0.811. The molecule has 3 nitrogen and oxygen atoms in total. The van der Waals surface area contributed by atoms with E-state index in [0.717, 1.165) is 18.6 Å². The van der Waals surface area contributed by atoms with E-state index < -0.39 is 0 Å². The van der Waals surface area contributed by atoms with Gasteiger partial charge in [0.2, 0.25) is 0 Å². The van der Waals surface area contributed by atoms with Crippen LogP contribution in [0.25, 0.3) is 0 Å². The molecule has 0 radical (unpaired) electrons. The maximum absolute atomic E-state index is 5.88. The van der Waals surface area contributed by atoms with Crippen LogP contribution in [0.2, 0.25) is 0 Å². The van der Waals surface area contributed by atoms with E-state index >= 15 is 0 Å². The maximum Gasteiger partial charge on any atom is 0.0704 e. The zero-order valence-corrected chi connectivity index (χ0v) is 11.0. The van der Waals surface area contributed by atoms with E-state index in [1.54, 1.807) is 0 Å². The fourth-order valence-electron chi connectivity index (χ4n) is 3.80. The lowest BCUT2D eigenvalue weighted by Gasteiger charge is -2.33. The van der Waals surface area contributed by atoms with Crippen LogP contribution in [0, 0.1) is 0 Å². The number of nitrogens with zero attached hydrogens (tertiary/aromatic N) is 1. The number of rotatable bonds is 3. The van der Waals surface area contributed by atoms with Crippen LogP contribution in [0.15, 0.2) is 0 Å². The molecule has 3 heterocycles. The minimum Gasteiger partial charge on any atom is -0.374 e. The molecule has 3 aliphatic rings. The van der Waals surface area contributed by atoms with Crippen molar-refractivity contribution >= 4 is 0 Å². The van der Waals surface area contributed by atoms with Crippen LogP contribution in [0.5, 0.6) is 0 Å². The van der Waals surface area contributed by atoms with E-state index in [2.05, 4.69) is 17.1 Å². The Bertz CT molecular complexity index is 259. The van der Waals surface area contributed by atoms with Crippen LogP contribution < -0.4 is 5.32 Å². The van der Waals surface area contributed by atoms with Gasteiger partial charge in [-0.3, -0.25) is 4.90 Å². The van der Waals surface area contributed by atoms with Crippen LogP contribution in [-0.4, -0.2) is 48.8 Å². The van der Waals surface area contributed by atoms with Crippen LogP contribution in [0.1, 0.15) is 45.4 Å². The molecule has 0 aliphatic carbocycles. The Balaban J connectivity index is 1.45. The summed E-state index contributed by atoms with van der Waals surface area (Å²) < 4.78 is 5.88. The van der Waals surface area contributed by atoms with Gasteiger partial charge in [0.1, 0.15) is 0 Å². The van der Waals surface area contributed by atoms with Gasteiger partial charge in [0.05, 0.1) is 12.2 Å². The van der Waals surface area contributed by atoms with Crippen molar-refractivity contribution in [2.24, 2.45) is 0 Å². The number of hydrogen-bond donors (Lipinski definition) is 1. The molecule has 0 bridgehead atoms. The van der Waals surface area contributed by atoms with Crippen molar-refractivity contribution in [3.63, 3.8) is 0 Å². The molecule has 98 valence electrons. The average molecular weight is 238 g/mol. The van der Waals surface area contributed by atoms with Crippen LogP contribution in [0.3, 0.4) is 0 Å². The fourth-order valence-corrected chi connectivity index (χ4v) is 3.80. The lowest BCUT2D eigenvalue weighted by atomic mass is 9.99. The summed E-state index contributed by atoms with van der Waals surface area (Å²) in [6.07, 6.45) is 9.02. The molecule has 1 N–H and O–H groups in total. The van der Waals surface area contributed by atoms with Gasteiger partial charge in [-0.2, -0.15) is 0 Å². The second kappa shape index (κ2) is 5.25. The summed E-state index contributed by atoms with van der Waals surface area (Å²) in [5.74, 6) is 0. The first kappa shape index (κ1) is 11.9. The molecule has 3 heteroatoms. The molecule has 4 unspecified atom stereocenters. The number of fused-ring (bicyclic) bond motifs is 1. The number of ether oxygens (including phenoxy) is 1. The van der Waals surface area contributed by atoms with Gasteiger partial charge in [-0.15, -0.1) is 0 Å². The lowest BCUT2D eigenvalue weighted by Crippen LogP contribution is -2.46. The predicted octanol–water partition coefficient (Wildman–Crippen LogP) is 1.77. The van der Waals surface area contributed by atoms with Crippen molar-refractivity contribution in [1.29, 1.82) is 0 Å². The molecule has 0 aromatic heterocycles. The van der Waals surface area contributed by atoms with E-state index in [0.29, 0.717) is 12.2 Å². The molecule has 0 spiro atoms. The number of nitrogens with one attached hydrogen (secondary N) is 1. The summed E-state index contributed by atoms with van der Waals surface area (Å²) in [5, 5.41) is 3.78. The first-order valence-electron chi connectivity index (χ1n) is 7.46. The Hall–Kier alpha value is -0.120. The Morgan fingerprint density at radius 1 is 1.12 bits per heavy atom. The molecule has 0 amide bonds. The first-order chi connectivity index (χ1) is 8.33. The Morgan fingerprint density at radius 2 is 2.06 bits per heavy atom. The Labute approximate surface area is 105 Å². The van der Waals surface area contributed by atoms with Gasteiger partial charge in [-0.1, -0.05) is 6.42 Å². The zero-order chi connectivity index (χ0) is 11.7. The molecule has 0 saturated carbocycles. The zero-order valence-electron chi connectivity index (χ0n) is 11.0.